The summed E-state index contributed by atoms with van der Waals surface area (Å²) in [7, 11) is 0. The largest absolute Gasteiger partial charge is 0.508 e. The monoisotopic (exact) mass is 241 g/mol. The smallest absolute Gasteiger partial charge is 0.248 e. The SMILES string of the molecule is NC(=O)c1ccccc1CCc1ccccc1O. The second kappa shape index (κ2) is 5.36. The molecule has 0 saturated carbocycles. The van der Waals surface area contributed by atoms with Crippen LogP contribution in [0.15, 0.2) is 48.5 Å². The van der Waals surface area contributed by atoms with E-state index in [1.54, 1.807) is 24.3 Å². The zero-order chi connectivity index (χ0) is 13.0. The van der Waals surface area contributed by atoms with Crippen molar-refractivity contribution in [3.05, 3.63) is 65.2 Å². The number of para-hydroxylation sites is 1. The molecule has 0 heterocycles. The maximum absolute atomic E-state index is 11.3. The Labute approximate surface area is 106 Å². The molecule has 2 rings (SSSR count). The molecule has 0 atom stereocenters. The first-order valence-corrected chi connectivity index (χ1v) is 5.83. The summed E-state index contributed by atoms with van der Waals surface area (Å²) in [5, 5.41) is 9.68. The summed E-state index contributed by atoms with van der Waals surface area (Å²) in [6.07, 6.45) is 1.35. The number of nitrogens with two attached hydrogens (primary N) is 1. The lowest BCUT2D eigenvalue weighted by atomic mass is 9.99. The van der Waals surface area contributed by atoms with Gasteiger partial charge in [0.1, 0.15) is 5.75 Å². The Morgan fingerprint density at radius 1 is 0.944 bits per heavy atom. The number of rotatable bonds is 4. The maximum Gasteiger partial charge on any atom is 0.248 e. The van der Waals surface area contributed by atoms with E-state index in [-0.39, 0.29) is 5.75 Å². The molecule has 18 heavy (non-hydrogen) atoms. The van der Waals surface area contributed by atoms with Crippen LogP contribution in [-0.2, 0) is 12.8 Å². The Balaban J connectivity index is 2.16. The Morgan fingerprint density at radius 3 is 2.17 bits per heavy atom. The minimum atomic E-state index is -0.414. The number of phenols is 1. The predicted molar refractivity (Wildman–Crippen MR) is 70.5 cm³/mol. The molecule has 0 aliphatic heterocycles. The molecule has 2 aromatic rings. The standard InChI is InChI=1S/C15H15NO2/c16-15(18)13-7-3-1-5-11(13)9-10-12-6-2-4-8-14(12)17/h1-8,17H,9-10H2,(H2,16,18). The topological polar surface area (TPSA) is 63.3 Å². The van der Waals surface area contributed by atoms with E-state index in [4.69, 9.17) is 5.73 Å². The zero-order valence-corrected chi connectivity index (χ0v) is 9.97. The maximum atomic E-state index is 11.3. The molecule has 3 heteroatoms. The van der Waals surface area contributed by atoms with Gasteiger partial charge in [0.15, 0.2) is 0 Å². The molecule has 3 N–H and O–H groups in total. The number of benzene rings is 2. The van der Waals surface area contributed by atoms with Crippen molar-refractivity contribution in [3.8, 4) is 5.75 Å². The average molecular weight is 241 g/mol. The van der Waals surface area contributed by atoms with Gasteiger partial charge in [-0.15, -0.1) is 0 Å². The van der Waals surface area contributed by atoms with E-state index in [0.717, 1.165) is 11.1 Å². The molecule has 1 amide bonds. The van der Waals surface area contributed by atoms with E-state index in [0.29, 0.717) is 18.4 Å². The molecule has 0 aliphatic carbocycles. The highest BCUT2D eigenvalue weighted by Gasteiger charge is 2.08. The van der Waals surface area contributed by atoms with E-state index in [9.17, 15) is 9.90 Å². The normalized spacial score (nSPS) is 10.2. The van der Waals surface area contributed by atoms with Crippen LogP contribution in [0.1, 0.15) is 21.5 Å². The summed E-state index contributed by atoms with van der Waals surface area (Å²) in [5.74, 6) is -0.128. The molecule has 0 unspecified atom stereocenters. The Morgan fingerprint density at radius 2 is 1.50 bits per heavy atom. The van der Waals surface area contributed by atoms with E-state index >= 15 is 0 Å². The average Bonchev–Trinajstić information content (AvgIpc) is 2.38. The fourth-order valence-corrected chi connectivity index (χ4v) is 1.97. The number of phenolic OH excluding ortho intramolecular Hbond substituents is 1. The van der Waals surface area contributed by atoms with Gasteiger partial charge in [0.25, 0.3) is 0 Å². The molecule has 0 bridgehead atoms. The molecule has 0 radical (unpaired) electrons. The van der Waals surface area contributed by atoms with Crippen LogP contribution >= 0.6 is 0 Å². The highest BCUT2D eigenvalue weighted by atomic mass is 16.3. The molecule has 2 aromatic carbocycles. The first-order chi connectivity index (χ1) is 8.68. The molecule has 3 nitrogen and oxygen atoms in total. The van der Waals surface area contributed by atoms with Crippen LogP contribution in [0.3, 0.4) is 0 Å². The fourth-order valence-electron chi connectivity index (χ4n) is 1.97. The molecular formula is C15H15NO2. The third-order valence-corrected chi connectivity index (χ3v) is 2.94. The number of aromatic hydroxyl groups is 1. The summed E-state index contributed by atoms with van der Waals surface area (Å²) in [6, 6.07) is 14.5. The second-order valence-corrected chi connectivity index (χ2v) is 4.15. The number of aryl methyl sites for hydroxylation is 2. The first-order valence-electron chi connectivity index (χ1n) is 5.83. The quantitative estimate of drug-likeness (QED) is 0.862. The number of carbonyl (C=O) groups is 1. The van der Waals surface area contributed by atoms with Crippen molar-refractivity contribution in [2.75, 3.05) is 0 Å². The van der Waals surface area contributed by atoms with Crippen LogP contribution < -0.4 is 5.73 Å². The molecule has 0 saturated heterocycles. The zero-order valence-electron chi connectivity index (χ0n) is 9.97. The summed E-state index contributed by atoms with van der Waals surface area (Å²) in [6.45, 7) is 0. The van der Waals surface area contributed by atoms with Gasteiger partial charge in [0.05, 0.1) is 0 Å². The van der Waals surface area contributed by atoms with Gasteiger partial charge in [0, 0.05) is 5.56 Å². The van der Waals surface area contributed by atoms with E-state index in [1.165, 1.54) is 0 Å². The van der Waals surface area contributed by atoms with Gasteiger partial charge in [-0.05, 0) is 36.1 Å². The minimum Gasteiger partial charge on any atom is -0.508 e. The van der Waals surface area contributed by atoms with Crippen molar-refractivity contribution >= 4 is 5.91 Å². The molecular weight excluding hydrogens is 226 g/mol. The summed E-state index contributed by atoms with van der Waals surface area (Å²) < 4.78 is 0. The summed E-state index contributed by atoms with van der Waals surface area (Å²) in [4.78, 5) is 11.3. The van der Waals surface area contributed by atoms with Gasteiger partial charge < -0.3 is 10.8 Å². The van der Waals surface area contributed by atoms with Crippen LogP contribution in [0.5, 0.6) is 5.75 Å². The van der Waals surface area contributed by atoms with Crippen molar-refractivity contribution in [2.45, 2.75) is 12.8 Å². The second-order valence-electron chi connectivity index (χ2n) is 4.15. The van der Waals surface area contributed by atoms with Crippen LogP contribution in [0.25, 0.3) is 0 Å². The van der Waals surface area contributed by atoms with Crippen molar-refractivity contribution in [2.24, 2.45) is 5.73 Å². The number of hydrogen-bond acceptors (Lipinski definition) is 2. The van der Waals surface area contributed by atoms with Crippen LogP contribution in [-0.4, -0.2) is 11.0 Å². The molecule has 0 spiro atoms. The van der Waals surface area contributed by atoms with Crippen LogP contribution in [0, 0.1) is 0 Å². The lowest BCUT2D eigenvalue weighted by Crippen LogP contribution is -2.13. The van der Waals surface area contributed by atoms with Crippen molar-refractivity contribution in [3.63, 3.8) is 0 Å². The molecule has 92 valence electrons. The van der Waals surface area contributed by atoms with Gasteiger partial charge in [0.2, 0.25) is 5.91 Å². The minimum absolute atomic E-state index is 0.286. The lowest BCUT2D eigenvalue weighted by molar-refractivity contribution is 0.0999. The van der Waals surface area contributed by atoms with Crippen LogP contribution in [0.2, 0.25) is 0 Å². The fraction of sp³-hybridized carbons (Fsp3) is 0.133. The number of amides is 1. The Kier molecular flexibility index (Phi) is 3.63. The predicted octanol–water partition coefficient (Wildman–Crippen LogP) is 2.28. The summed E-state index contributed by atoms with van der Waals surface area (Å²) in [5.41, 5.74) is 7.66. The molecule has 0 fully saturated rings. The van der Waals surface area contributed by atoms with Crippen molar-refractivity contribution in [1.82, 2.24) is 0 Å². The van der Waals surface area contributed by atoms with Gasteiger partial charge in [-0.2, -0.15) is 0 Å². The van der Waals surface area contributed by atoms with Gasteiger partial charge in [-0.25, -0.2) is 0 Å². The third kappa shape index (κ3) is 2.69. The highest BCUT2D eigenvalue weighted by molar-refractivity contribution is 5.94. The first kappa shape index (κ1) is 12.2. The summed E-state index contributed by atoms with van der Waals surface area (Å²) >= 11 is 0. The Bertz CT molecular complexity index is 564. The van der Waals surface area contributed by atoms with Gasteiger partial charge >= 0.3 is 0 Å². The van der Waals surface area contributed by atoms with Crippen molar-refractivity contribution in [1.29, 1.82) is 0 Å². The molecule has 0 aromatic heterocycles. The van der Waals surface area contributed by atoms with E-state index in [2.05, 4.69) is 0 Å². The van der Waals surface area contributed by atoms with Crippen LogP contribution in [0.4, 0.5) is 0 Å². The third-order valence-electron chi connectivity index (χ3n) is 2.94. The number of hydrogen-bond donors (Lipinski definition) is 2. The van der Waals surface area contributed by atoms with Gasteiger partial charge in [-0.1, -0.05) is 36.4 Å². The van der Waals surface area contributed by atoms with E-state index in [1.807, 2.05) is 24.3 Å². The number of primary amides is 1. The Hall–Kier alpha value is -2.29. The lowest BCUT2D eigenvalue weighted by Gasteiger charge is -2.07. The molecule has 0 aliphatic rings. The van der Waals surface area contributed by atoms with Gasteiger partial charge in [-0.3, -0.25) is 4.79 Å². The number of carbonyl (C=O) groups excluding carboxylic acids is 1. The highest BCUT2D eigenvalue weighted by Crippen LogP contribution is 2.19. The van der Waals surface area contributed by atoms with Crippen molar-refractivity contribution < 1.29 is 9.90 Å². The van der Waals surface area contributed by atoms with E-state index < -0.39 is 5.91 Å².